The Kier molecular flexibility index (Phi) is 3.14. The highest BCUT2D eigenvalue weighted by Gasteiger charge is 2.33. The van der Waals surface area contributed by atoms with E-state index >= 15 is 0 Å². The summed E-state index contributed by atoms with van der Waals surface area (Å²) < 4.78 is 40.5. The number of hydrogen-bond donors (Lipinski definition) is 1. The summed E-state index contributed by atoms with van der Waals surface area (Å²) in [7, 11) is -3.79. The highest BCUT2D eigenvalue weighted by Crippen LogP contribution is 2.34. The van der Waals surface area contributed by atoms with E-state index in [2.05, 4.69) is 9.82 Å². The van der Waals surface area contributed by atoms with Crippen LogP contribution in [0.3, 0.4) is 0 Å². The SMILES string of the molecule is CC1(C)COc2c(S(=O)(=O)Nc3ccc4occc4c3)cnn2C1. The summed E-state index contributed by atoms with van der Waals surface area (Å²) in [4.78, 5) is 0.0466. The van der Waals surface area contributed by atoms with Gasteiger partial charge in [-0.15, -0.1) is 0 Å². The molecule has 0 amide bonds. The Labute approximate surface area is 139 Å². The normalized spacial score (nSPS) is 16.6. The third-order valence-corrected chi connectivity index (χ3v) is 5.29. The van der Waals surface area contributed by atoms with Crippen LogP contribution in [0.4, 0.5) is 5.69 Å². The largest absolute Gasteiger partial charge is 0.476 e. The predicted molar refractivity (Wildman–Crippen MR) is 88.5 cm³/mol. The third kappa shape index (κ3) is 2.52. The second kappa shape index (κ2) is 5.01. The number of sulfonamides is 1. The smallest absolute Gasteiger partial charge is 0.268 e. The molecule has 0 radical (unpaired) electrons. The Balaban J connectivity index is 1.67. The van der Waals surface area contributed by atoms with Crippen molar-refractivity contribution >= 4 is 26.7 Å². The molecule has 0 bridgehead atoms. The molecular formula is C16H17N3O4S. The summed E-state index contributed by atoms with van der Waals surface area (Å²) in [6.07, 6.45) is 2.89. The molecule has 2 aromatic heterocycles. The van der Waals surface area contributed by atoms with E-state index < -0.39 is 10.0 Å². The zero-order valence-corrected chi connectivity index (χ0v) is 14.1. The van der Waals surface area contributed by atoms with E-state index in [-0.39, 0.29) is 16.2 Å². The van der Waals surface area contributed by atoms with Crippen LogP contribution >= 0.6 is 0 Å². The lowest BCUT2D eigenvalue weighted by atomic mass is 9.94. The molecule has 1 aromatic carbocycles. The van der Waals surface area contributed by atoms with Gasteiger partial charge < -0.3 is 9.15 Å². The molecule has 3 aromatic rings. The quantitative estimate of drug-likeness (QED) is 0.787. The molecule has 0 aliphatic carbocycles. The van der Waals surface area contributed by atoms with Crippen molar-refractivity contribution in [3.05, 3.63) is 36.7 Å². The van der Waals surface area contributed by atoms with Gasteiger partial charge in [0.2, 0.25) is 5.88 Å². The van der Waals surface area contributed by atoms with E-state index in [0.717, 1.165) is 5.39 Å². The third-order valence-electron chi connectivity index (χ3n) is 3.93. The van der Waals surface area contributed by atoms with Gasteiger partial charge in [-0.3, -0.25) is 4.72 Å². The molecule has 0 saturated carbocycles. The van der Waals surface area contributed by atoms with Gasteiger partial charge >= 0.3 is 0 Å². The molecular weight excluding hydrogens is 330 g/mol. The second-order valence-electron chi connectivity index (χ2n) is 6.70. The maximum absolute atomic E-state index is 12.7. The van der Waals surface area contributed by atoms with E-state index in [4.69, 9.17) is 9.15 Å². The number of benzene rings is 1. The molecule has 0 saturated heterocycles. The van der Waals surface area contributed by atoms with Gasteiger partial charge in [-0.2, -0.15) is 5.10 Å². The van der Waals surface area contributed by atoms with Gasteiger partial charge in [-0.05, 0) is 24.3 Å². The number of nitrogens with zero attached hydrogens (tertiary/aromatic N) is 2. The van der Waals surface area contributed by atoms with Crippen molar-refractivity contribution < 1.29 is 17.6 Å². The van der Waals surface area contributed by atoms with E-state index in [1.165, 1.54) is 6.20 Å². The van der Waals surface area contributed by atoms with E-state index in [1.54, 1.807) is 35.2 Å². The number of anilines is 1. The van der Waals surface area contributed by atoms with E-state index in [0.29, 0.717) is 24.4 Å². The van der Waals surface area contributed by atoms with Crippen LogP contribution < -0.4 is 9.46 Å². The van der Waals surface area contributed by atoms with Crippen LogP contribution in [0.5, 0.6) is 5.88 Å². The number of ether oxygens (including phenoxy) is 1. The Morgan fingerprint density at radius 2 is 2.12 bits per heavy atom. The van der Waals surface area contributed by atoms with Crippen LogP contribution in [0.15, 0.2) is 46.0 Å². The number of nitrogens with one attached hydrogen (secondary N) is 1. The molecule has 1 aliphatic rings. The lowest BCUT2D eigenvalue weighted by molar-refractivity contribution is 0.0971. The first kappa shape index (κ1) is 15.1. The predicted octanol–water partition coefficient (Wildman–Crippen LogP) is 2.85. The summed E-state index contributed by atoms with van der Waals surface area (Å²) in [6, 6.07) is 6.87. The minimum absolute atomic E-state index is 0.0466. The molecule has 4 rings (SSSR count). The van der Waals surface area contributed by atoms with Crippen molar-refractivity contribution in [2.75, 3.05) is 11.3 Å². The van der Waals surface area contributed by atoms with Gasteiger partial charge in [0.25, 0.3) is 10.0 Å². The van der Waals surface area contributed by atoms with Gasteiger partial charge in [0.1, 0.15) is 5.58 Å². The molecule has 0 atom stereocenters. The monoisotopic (exact) mass is 347 g/mol. The molecule has 7 nitrogen and oxygen atoms in total. The Bertz CT molecular complexity index is 1020. The topological polar surface area (TPSA) is 86.4 Å². The second-order valence-corrected chi connectivity index (χ2v) is 8.35. The number of rotatable bonds is 3. The van der Waals surface area contributed by atoms with Crippen molar-refractivity contribution in [1.29, 1.82) is 0 Å². The molecule has 1 N–H and O–H groups in total. The van der Waals surface area contributed by atoms with Crippen LogP contribution in [0.1, 0.15) is 13.8 Å². The van der Waals surface area contributed by atoms with Gasteiger partial charge in [-0.25, -0.2) is 13.1 Å². The summed E-state index contributed by atoms with van der Waals surface area (Å²) >= 11 is 0. The Morgan fingerprint density at radius 3 is 2.96 bits per heavy atom. The Hall–Kier alpha value is -2.48. The molecule has 3 heterocycles. The van der Waals surface area contributed by atoms with Crippen LogP contribution in [0.25, 0.3) is 11.0 Å². The number of hydrogen-bond acceptors (Lipinski definition) is 5. The van der Waals surface area contributed by atoms with Gasteiger partial charge in [0, 0.05) is 16.5 Å². The van der Waals surface area contributed by atoms with Gasteiger partial charge in [0.15, 0.2) is 4.90 Å². The molecule has 0 spiro atoms. The minimum Gasteiger partial charge on any atom is -0.476 e. The van der Waals surface area contributed by atoms with Crippen LogP contribution in [0, 0.1) is 5.41 Å². The average Bonchev–Trinajstić information content (AvgIpc) is 3.11. The average molecular weight is 347 g/mol. The standard InChI is InChI=1S/C16H17N3O4S/c1-16(2)9-19-15(23-10-16)14(8-17-19)24(20,21)18-12-3-4-13-11(7-12)5-6-22-13/h3-8,18H,9-10H2,1-2H3. The molecule has 24 heavy (non-hydrogen) atoms. The number of aromatic nitrogens is 2. The number of fused-ring (bicyclic) bond motifs is 2. The summed E-state index contributed by atoms with van der Waals surface area (Å²) in [5.74, 6) is 0.284. The zero-order chi connectivity index (χ0) is 16.9. The van der Waals surface area contributed by atoms with Gasteiger partial charge in [-0.1, -0.05) is 13.8 Å². The fourth-order valence-corrected chi connectivity index (χ4v) is 3.88. The lowest BCUT2D eigenvalue weighted by Gasteiger charge is -2.30. The fraction of sp³-hybridized carbons (Fsp3) is 0.312. The molecule has 0 fully saturated rings. The van der Waals surface area contributed by atoms with Gasteiger partial charge in [0.05, 0.1) is 25.6 Å². The lowest BCUT2D eigenvalue weighted by Crippen LogP contribution is -2.33. The Morgan fingerprint density at radius 1 is 1.29 bits per heavy atom. The molecule has 8 heteroatoms. The highest BCUT2D eigenvalue weighted by atomic mass is 32.2. The summed E-state index contributed by atoms with van der Waals surface area (Å²) in [6.45, 7) is 5.15. The summed E-state index contributed by atoms with van der Waals surface area (Å²) in [5.41, 5.74) is 1.08. The van der Waals surface area contributed by atoms with Crippen molar-refractivity contribution in [3.63, 3.8) is 0 Å². The fourth-order valence-electron chi connectivity index (χ4n) is 2.75. The first-order valence-electron chi connectivity index (χ1n) is 7.53. The highest BCUT2D eigenvalue weighted by molar-refractivity contribution is 7.92. The maximum Gasteiger partial charge on any atom is 0.268 e. The van der Waals surface area contributed by atoms with Crippen molar-refractivity contribution in [3.8, 4) is 5.88 Å². The summed E-state index contributed by atoms with van der Waals surface area (Å²) in [5, 5.41) is 4.98. The van der Waals surface area contributed by atoms with Crippen LogP contribution in [-0.4, -0.2) is 24.8 Å². The first-order chi connectivity index (χ1) is 11.3. The first-order valence-corrected chi connectivity index (χ1v) is 9.01. The maximum atomic E-state index is 12.7. The van der Waals surface area contributed by atoms with Crippen molar-refractivity contribution in [2.24, 2.45) is 5.41 Å². The van der Waals surface area contributed by atoms with Crippen molar-refractivity contribution in [2.45, 2.75) is 25.3 Å². The van der Waals surface area contributed by atoms with Crippen molar-refractivity contribution in [1.82, 2.24) is 9.78 Å². The number of furan rings is 1. The van der Waals surface area contributed by atoms with E-state index in [1.807, 2.05) is 13.8 Å². The van der Waals surface area contributed by atoms with Crippen LogP contribution in [0.2, 0.25) is 0 Å². The minimum atomic E-state index is -3.79. The van der Waals surface area contributed by atoms with E-state index in [9.17, 15) is 8.42 Å². The molecule has 0 unspecified atom stereocenters. The molecule has 126 valence electrons. The van der Waals surface area contributed by atoms with Crippen LogP contribution in [-0.2, 0) is 16.6 Å². The zero-order valence-electron chi connectivity index (χ0n) is 13.3. The molecule has 1 aliphatic heterocycles.